The van der Waals surface area contributed by atoms with Crippen LogP contribution in [0.3, 0.4) is 0 Å². The minimum absolute atomic E-state index is 0.282. The molecule has 0 aliphatic carbocycles. The Bertz CT molecular complexity index is 880. The molecule has 30 heavy (non-hydrogen) atoms. The molecule has 0 atom stereocenters. The van der Waals surface area contributed by atoms with Crippen molar-refractivity contribution in [3.63, 3.8) is 0 Å². The first kappa shape index (κ1) is 22.3. The Labute approximate surface area is 184 Å². The number of esters is 1. The summed E-state index contributed by atoms with van der Waals surface area (Å²) in [6, 6.07) is 12.2. The number of hydrogen-bond donors (Lipinski definition) is 0. The Morgan fingerprint density at radius 1 is 1.07 bits per heavy atom. The van der Waals surface area contributed by atoms with E-state index in [9.17, 15) is 4.79 Å². The van der Waals surface area contributed by atoms with Crippen molar-refractivity contribution in [3.05, 3.63) is 63.7 Å². The molecular weight excluding hydrogens is 398 g/mol. The molecule has 0 unspecified atom stereocenters. The van der Waals surface area contributed by atoms with Crippen LogP contribution < -0.4 is 4.74 Å². The van der Waals surface area contributed by atoms with Crippen LogP contribution in [-0.2, 0) is 24.2 Å². The van der Waals surface area contributed by atoms with Crippen LogP contribution in [0.25, 0.3) is 0 Å². The van der Waals surface area contributed by atoms with Gasteiger partial charge in [0.15, 0.2) is 0 Å². The smallest absolute Gasteiger partial charge is 0.308 e. The number of ether oxygens (including phenoxy) is 1. The van der Waals surface area contributed by atoms with E-state index in [1.807, 2.05) is 24.4 Å². The Morgan fingerprint density at radius 3 is 2.27 bits per heavy atom. The molecule has 6 heteroatoms. The lowest BCUT2D eigenvalue weighted by molar-refractivity contribution is -0.132. The molecule has 2 aromatic carbocycles. The third-order valence-corrected chi connectivity index (χ3v) is 5.71. The zero-order valence-corrected chi connectivity index (χ0v) is 18.8. The van der Waals surface area contributed by atoms with Crippen LogP contribution in [-0.4, -0.2) is 48.3 Å². The summed E-state index contributed by atoms with van der Waals surface area (Å²) in [5.41, 5.74) is 4.28. The van der Waals surface area contributed by atoms with Gasteiger partial charge in [-0.3, -0.25) is 14.7 Å². The first-order valence-electron chi connectivity index (χ1n) is 10.6. The van der Waals surface area contributed by atoms with E-state index in [0.717, 1.165) is 67.3 Å². The fraction of sp³-hybridized carbons (Fsp3) is 0.417. The molecule has 0 radical (unpaired) electrons. The normalized spacial score (nSPS) is 15.0. The van der Waals surface area contributed by atoms with Crippen LogP contribution in [0.1, 0.15) is 43.0 Å². The topological polar surface area (TPSA) is 45.1 Å². The molecule has 0 bridgehead atoms. The average molecular weight is 428 g/mol. The minimum Gasteiger partial charge on any atom is -0.426 e. The number of hydrogen-bond acceptors (Lipinski definition) is 5. The molecule has 5 nitrogen and oxygen atoms in total. The summed E-state index contributed by atoms with van der Waals surface area (Å²) in [5, 5.41) is 7.64. The van der Waals surface area contributed by atoms with E-state index in [2.05, 4.69) is 42.0 Å². The van der Waals surface area contributed by atoms with E-state index in [1.165, 1.54) is 12.5 Å². The fourth-order valence-electron chi connectivity index (χ4n) is 3.68. The van der Waals surface area contributed by atoms with Crippen molar-refractivity contribution < 1.29 is 9.53 Å². The van der Waals surface area contributed by atoms with Crippen molar-refractivity contribution in [2.24, 2.45) is 5.10 Å². The first-order chi connectivity index (χ1) is 14.5. The predicted molar refractivity (Wildman–Crippen MR) is 122 cm³/mol. The van der Waals surface area contributed by atoms with Crippen LogP contribution in [0, 0.1) is 0 Å². The highest BCUT2D eigenvalue weighted by molar-refractivity contribution is 6.31. The van der Waals surface area contributed by atoms with Crippen molar-refractivity contribution >= 4 is 23.8 Å². The van der Waals surface area contributed by atoms with Gasteiger partial charge in [0, 0.05) is 44.7 Å². The van der Waals surface area contributed by atoms with Crippen LogP contribution in [0.4, 0.5) is 0 Å². The molecule has 160 valence electrons. The Kier molecular flexibility index (Phi) is 7.88. The van der Waals surface area contributed by atoms with Gasteiger partial charge in [-0.05, 0) is 53.3 Å². The van der Waals surface area contributed by atoms with Gasteiger partial charge in [-0.2, -0.15) is 5.10 Å². The van der Waals surface area contributed by atoms with Gasteiger partial charge < -0.3 is 4.74 Å². The third kappa shape index (κ3) is 5.83. The summed E-state index contributed by atoms with van der Waals surface area (Å²) < 4.78 is 5.47. The first-order valence-corrected chi connectivity index (χ1v) is 11.0. The van der Waals surface area contributed by atoms with Gasteiger partial charge in [0.05, 0.1) is 6.21 Å². The molecule has 0 aromatic heterocycles. The molecule has 1 aliphatic heterocycles. The lowest BCUT2D eigenvalue weighted by Crippen LogP contribution is -2.43. The van der Waals surface area contributed by atoms with E-state index >= 15 is 0 Å². The SMILES string of the molecule is CCc1cc(/C=N/N2CCN(Cc3ccccc3Cl)CC2)cc(CC)c1OC(C)=O. The molecule has 2 aromatic rings. The highest BCUT2D eigenvalue weighted by Crippen LogP contribution is 2.27. The largest absolute Gasteiger partial charge is 0.426 e. The highest BCUT2D eigenvalue weighted by atomic mass is 35.5. The molecule has 0 saturated carbocycles. The molecule has 1 fully saturated rings. The second kappa shape index (κ2) is 10.6. The zero-order valence-electron chi connectivity index (χ0n) is 18.0. The van der Waals surface area contributed by atoms with Gasteiger partial charge in [-0.1, -0.05) is 43.6 Å². The summed E-state index contributed by atoms with van der Waals surface area (Å²) >= 11 is 6.29. The van der Waals surface area contributed by atoms with Crippen molar-refractivity contribution in [2.75, 3.05) is 26.2 Å². The number of aryl methyl sites for hydroxylation is 2. The van der Waals surface area contributed by atoms with Crippen LogP contribution in [0.2, 0.25) is 5.02 Å². The fourth-order valence-corrected chi connectivity index (χ4v) is 3.88. The zero-order chi connectivity index (χ0) is 21.5. The molecule has 1 aliphatic rings. The van der Waals surface area contributed by atoms with Gasteiger partial charge in [-0.15, -0.1) is 0 Å². The van der Waals surface area contributed by atoms with E-state index in [1.54, 1.807) is 0 Å². The van der Waals surface area contributed by atoms with Gasteiger partial charge in [0.25, 0.3) is 0 Å². The summed E-state index contributed by atoms with van der Waals surface area (Å²) in [7, 11) is 0. The summed E-state index contributed by atoms with van der Waals surface area (Å²) in [5.74, 6) is 0.424. The number of hydrazone groups is 1. The van der Waals surface area contributed by atoms with Crippen molar-refractivity contribution in [1.82, 2.24) is 9.91 Å². The van der Waals surface area contributed by atoms with Crippen LogP contribution in [0.5, 0.6) is 5.75 Å². The van der Waals surface area contributed by atoms with Gasteiger partial charge >= 0.3 is 5.97 Å². The number of rotatable bonds is 7. The van der Waals surface area contributed by atoms with Crippen molar-refractivity contribution in [3.8, 4) is 5.75 Å². The number of halogens is 1. The molecular formula is C24H30ClN3O2. The van der Waals surface area contributed by atoms with E-state index < -0.39 is 0 Å². The third-order valence-electron chi connectivity index (χ3n) is 5.34. The van der Waals surface area contributed by atoms with E-state index in [-0.39, 0.29) is 5.97 Å². The Hall–Kier alpha value is -2.37. The van der Waals surface area contributed by atoms with Crippen molar-refractivity contribution in [1.29, 1.82) is 0 Å². The lowest BCUT2D eigenvalue weighted by atomic mass is 10.0. The summed E-state index contributed by atoms with van der Waals surface area (Å²) in [6.45, 7) is 10.1. The number of nitrogens with zero attached hydrogens (tertiary/aromatic N) is 3. The van der Waals surface area contributed by atoms with Gasteiger partial charge in [0.1, 0.15) is 5.75 Å². The van der Waals surface area contributed by atoms with E-state index in [0.29, 0.717) is 5.75 Å². The summed E-state index contributed by atoms with van der Waals surface area (Å²) in [4.78, 5) is 13.9. The van der Waals surface area contributed by atoms with Gasteiger partial charge in [0.2, 0.25) is 0 Å². The van der Waals surface area contributed by atoms with Gasteiger partial charge in [-0.25, -0.2) is 0 Å². The predicted octanol–water partition coefficient (Wildman–Crippen LogP) is 4.54. The van der Waals surface area contributed by atoms with Crippen molar-refractivity contribution in [2.45, 2.75) is 40.2 Å². The number of carbonyl (C=O) groups is 1. The average Bonchev–Trinajstić information content (AvgIpc) is 2.75. The second-order valence-corrected chi connectivity index (χ2v) is 7.94. The number of carbonyl (C=O) groups excluding carboxylic acids is 1. The molecule has 1 saturated heterocycles. The molecule has 3 rings (SSSR count). The molecule has 0 N–H and O–H groups in total. The standard InChI is InChI=1S/C24H30ClN3O2/c1-4-20-14-19(15-21(5-2)24(20)30-18(3)29)16-26-28-12-10-27(11-13-28)17-22-8-6-7-9-23(22)25/h6-9,14-16H,4-5,10-13,17H2,1-3H3/b26-16+. The maximum Gasteiger partial charge on any atom is 0.308 e. The van der Waals surface area contributed by atoms with E-state index in [4.69, 9.17) is 21.4 Å². The van der Waals surface area contributed by atoms with Crippen LogP contribution in [0.15, 0.2) is 41.5 Å². The number of piperazine rings is 1. The quantitative estimate of drug-likeness (QED) is 0.369. The Balaban J connectivity index is 1.62. The number of benzene rings is 2. The maximum atomic E-state index is 11.5. The molecule has 0 amide bonds. The monoisotopic (exact) mass is 427 g/mol. The highest BCUT2D eigenvalue weighted by Gasteiger charge is 2.17. The lowest BCUT2D eigenvalue weighted by Gasteiger charge is -2.33. The Morgan fingerprint density at radius 2 is 1.70 bits per heavy atom. The molecule has 1 heterocycles. The molecule has 0 spiro atoms. The minimum atomic E-state index is -0.282. The van der Waals surface area contributed by atoms with Crippen LogP contribution >= 0.6 is 11.6 Å². The maximum absolute atomic E-state index is 11.5. The summed E-state index contributed by atoms with van der Waals surface area (Å²) in [6.07, 6.45) is 3.52. The second-order valence-electron chi connectivity index (χ2n) is 7.53.